The molecule has 10 nitrogen and oxygen atoms in total. The zero-order valence-corrected chi connectivity index (χ0v) is 22.1. The van der Waals surface area contributed by atoms with Gasteiger partial charge in [-0.05, 0) is 70.2 Å². The van der Waals surface area contributed by atoms with Gasteiger partial charge in [0.25, 0.3) is 0 Å². The molecule has 202 valence electrons. The van der Waals surface area contributed by atoms with Gasteiger partial charge >= 0.3 is 6.09 Å². The van der Waals surface area contributed by atoms with Gasteiger partial charge in [-0.2, -0.15) is 10.2 Å². The van der Waals surface area contributed by atoms with Gasteiger partial charge in [0.1, 0.15) is 17.5 Å². The summed E-state index contributed by atoms with van der Waals surface area (Å²) in [5.74, 6) is -0.0381. The molecule has 0 aliphatic carbocycles. The van der Waals surface area contributed by atoms with Crippen LogP contribution < -0.4 is 10.1 Å². The normalized spacial score (nSPS) is 12.6. The monoisotopic (exact) mass is 532 g/mol. The second kappa shape index (κ2) is 10.3. The second-order valence-electron chi connectivity index (χ2n) is 10.1. The number of nitrogens with zero attached hydrogens (tertiary/aromatic N) is 5. The minimum absolute atomic E-state index is 0.0575. The van der Waals surface area contributed by atoms with Crippen LogP contribution in [0.4, 0.5) is 15.0 Å². The summed E-state index contributed by atoms with van der Waals surface area (Å²) >= 11 is 0. The van der Waals surface area contributed by atoms with Crippen LogP contribution >= 0.6 is 0 Å². The Bertz CT molecular complexity index is 1640. The highest BCUT2D eigenvalue weighted by molar-refractivity contribution is 5.90. The molecule has 1 atom stereocenters. The van der Waals surface area contributed by atoms with E-state index in [-0.39, 0.29) is 18.2 Å². The second-order valence-corrected chi connectivity index (χ2v) is 10.1. The smallest absolute Gasteiger partial charge is 0.413 e. The topological polar surface area (TPSA) is 116 Å². The van der Waals surface area contributed by atoms with Crippen molar-refractivity contribution >= 4 is 33.7 Å². The molecule has 2 aromatic carbocycles. The third-order valence-electron chi connectivity index (χ3n) is 5.96. The lowest BCUT2D eigenvalue weighted by atomic mass is 10.1. The van der Waals surface area contributed by atoms with Gasteiger partial charge in [-0.1, -0.05) is 0 Å². The van der Waals surface area contributed by atoms with Gasteiger partial charge in [0.2, 0.25) is 0 Å². The number of amides is 1. The number of aromatic nitrogens is 5. The SMILES string of the molecule is C[C@H](Oc1cc2cc(F)ccc2nc1NC(=O)OC(C)(C)C)c1cc2c(cnn2CCO)cc1-n1cccn1. The molecule has 0 saturated heterocycles. The van der Waals surface area contributed by atoms with E-state index in [0.29, 0.717) is 17.4 Å². The Morgan fingerprint density at radius 3 is 2.69 bits per heavy atom. The summed E-state index contributed by atoms with van der Waals surface area (Å²) in [4.78, 5) is 17.1. The number of hydrogen-bond donors (Lipinski definition) is 2. The molecule has 3 heterocycles. The third-order valence-corrected chi connectivity index (χ3v) is 5.96. The Kier molecular flexibility index (Phi) is 6.92. The molecular formula is C28H29FN6O4. The van der Waals surface area contributed by atoms with Crippen LogP contribution in [0.3, 0.4) is 0 Å². The molecule has 0 radical (unpaired) electrons. The van der Waals surface area contributed by atoms with E-state index in [1.165, 1.54) is 18.2 Å². The molecule has 0 bridgehead atoms. The largest absolute Gasteiger partial charge is 0.482 e. The predicted molar refractivity (Wildman–Crippen MR) is 145 cm³/mol. The Labute approximate surface area is 224 Å². The van der Waals surface area contributed by atoms with Crippen LogP contribution in [0.5, 0.6) is 5.75 Å². The van der Waals surface area contributed by atoms with E-state index < -0.39 is 23.6 Å². The number of pyridine rings is 1. The third kappa shape index (κ3) is 5.68. The Morgan fingerprint density at radius 1 is 1.15 bits per heavy atom. The number of anilines is 1. The molecule has 3 aromatic heterocycles. The fourth-order valence-electron chi connectivity index (χ4n) is 4.30. The number of carbonyl (C=O) groups is 1. The van der Waals surface area contributed by atoms with Crippen molar-refractivity contribution in [1.82, 2.24) is 24.5 Å². The van der Waals surface area contributed by atoms with Crippen LogP contribution in [-0.2, 0) is 11.3 Å². The van der Waals surface area contributed by atoms with Crippen LogP contribution in [0.1, 0.15) is 39.4 Å². The molecule has 5 rings (SSSR count). The summed E-state index contributed by atoms with van der Waals surface area (Å²) < 4.78 is 29.3. The zero-order valence-electron chi connectivity index (χ0n) is 22.1. The van der Waals surface area contributed by atoms with Crippen LogP contribution in [0.15, 0.2) is 61.1 Å². The van der Waals surface area contributed by atoms with E-state index >= 15 is 0 Å². The van der Waals surface area contributed by atoms with Crippen molar-refractivity contribution in [2.75, 3.05) is 11.9 Å². The molecule has 1 amide bonds. The number of hydrogen-bond acceptors (Lipinski definition) is 7. The standard InChI is InChI=1S/C28H29FN6O4/c1-17(21-15-23-19(16-31-35(23)10-11-36)13-24(21)34-9-5-8-30-34)38-25-14-18-12-20(29)6-7-22(18)32-26(25)33-27(37)39-28(2,3)4/h5-9,12-17,36H,10-11H2,1-4H3,(H,32,33,37)/t17-/m0/s1. The minimum Gasteiger partial charge on any atom is -0.482 e. The molecule has 2 N–H and O–H groups in total. The van der Waals surface area contributed by atoms with Gasteiger partial charge in [0.15, 0.2) is 11.6 Å². The first-order chi connectivity index (χ1) is 18.6. The summed E-state index contributed by atoms with van der Waals surface area (Å²) in [7, 11) is 0. The predicted octanol–water partition coefficient (Wildman–Crippen LogP) is 5.39. The van der Waals surface area contributed by atoms with Gasteiger partial charge in [-0.15, -0.1) is 0 Å². The Hall–Kier alpha value is -4.51. The molecule has 0 unspecified atom stereocenters. The summed E-state index contributed by atoms with van der Waals surface area (Å²) in [5, 5.41) is 22.3. The Morgan fingerprint density at radius 2 is 1.97 bits per heavy atom. The van der Waals surface area contributed by atoms with Crippen LogP contribution in [0.25, 0.3) is 27.5 Å². The number of fused-ring (bicyclic) bond motifs is 2. The van der Waals surface area contributed by atoms with Crippen LogP contribution in [-0.4, -0.2) is 48.0 Å². The number of nitrogens with one attached hydrogen (secondary N) is 1. The molecule has 0 fully saturated rings. The minimum atomic E-state index is -0.718. The maximum Gasteiger partial charge on any atom is 0.413 e. The summed E-state index contributed by atoms with van der Waals surface area (Å²) in [6, 6.07) is 11.5. The van der Waals surface area contributed by atoms with E-state index in [1.807, 2.05) is 31.3 Å². The fraction of sp³-hybridized carbons (Fsp3) is 0.286. The number of rotatable bonds is 7. The van der Waals surface area contributed by atoms with Crippen molar-refractivity contribution in [3.05, 3.63) is 72.4 Å². The average molecular weight is 533 g/mol. The fourth-order valence-corrected chi connectivity index (χ4v) is 4.30. The quantitative estimate of drug-likeness (QED) is 0.289. The molecule has 5 aromatic rings. The first kappa shape index (κ1) is 26.1. The lowest BCUT2D eigenvalue weighted by Gasteiger charge is -2.22. The molecule has 0 aliphatic heterocycles. The molecule has 39 heavy (non-hydrogen) atoms. The van der Waals surface area contributed by atoms with Gasteiger partial charge in [0.05, 0.1) is 36.1 Å². The van der Waals surface area contributed by atoms with E-state index in [4.69, 9.17) is 9.47 Å². The van der Waals surface area contributed by atoms with Crippen molar-refractivity contribution in [2.45, 2.75) is 45.9 Å². The Balaban J connectivity index is 1.58. The lowest BCUT2D eigenvalue weighted by molar-refractivity contribution is 0.0634. The number of carbonyl (C=O) groups excluding carboxylic acids is 1. The van der Waals surface area contributed by atoms with Crippen LogP contribution in [0.2, 0.25) is 0 Å². The maximum absolute atomic E-state index is 14.0. The highest BCUT2D eigenvalue weighted by atomic mass is 19.1. The van der Waals surface area contributed by atoms with Gasteiger partial charge in [-0.3, -0.25) is 10.00 Å². The van der Waals surface area contributed by atoms with Crippen molar-refractivity contribution < 1.29 is 23.8 Å². The van der Waals surface area contributed by atoms with Gasteiger partial charge in [0, 0.05) is 28.7 Å². The molecule has 0 spiro atoms. The van der Waals surface area contributed by atoms with E-state index in [0.717, 1.165) is 22.2 Å². The number of halogens is 1. The highest BCUT2D eigenvalue weighted by Crippen LogP contribution is 2.35. The van der Waals surface area contributed by atoms with Gasteiger partial charge < -0.3 is 14.6 Å². The van der Waals surface area contributed by atoms with Crippen molar-refractivity contribution in [3.63, 3.8) is 0 Å². The molecule has 0 saturated carbocycles. The number of benzene rings is 2. The van der Waals surface area contributed by atoms with Gasteiger partial charge in [-0.25, -0.2) is 18.9 Å². The molecule has 11 heteroatoms. The average Bonchev–Trinajstić information content (AvgIpc) is 3.53. The maximum atomic E-state index is 14.0. The highest BCUT2D eigenvalue weighted by Gasteiger charge is 2.22. The number of ether oxygens (including phenoxy) is 2. The summed E-state index contributed by atoms with van der Waals surface area (Å²) in [5.41, 5.74) is 2.12. The van der Waals surface area contributed by atoms with E-state index in [2.05, 4.69) is 20.5 Å². The summed E-state index contributed by atoms with van der Waals surface area (Å²) in [6.45, 7) is 7.42. The van der Waals surface area contributed by atoms with Crippen molar-refractivity contribution in [3.8, 4) is 11.4 Å². The number of aliphatic hydroxyl groups excluding tert-OH is 1. The van der Waals surface area contributed by atoms with E-state index in [1.54, 1.807) is 48.6 Å². The zero-order chi connectivity index (χ0) is 27.7. The van der Waals surface area contributed by atoms with E-state index in [9.17, 15) is 14.3 Å². The van der Waals surface area contributed by atoms with Crippen LogP contribution in [0, 0.1) is 5.82 Å². The summed E-state index contributed by atoms with van der Waals surface area (Å²) in [6.07, 6.45) is 3.97. The lowest BCUT2D eigenvalue weighted by Crippen LogP contribution is -2.27. The first-order valence-corrected chi connectivity index (χ1v) is 12.5. The van der Waals surface area contributed by atoms with Crippen molar-refractivity contribution in [1.29, 1.82) is 0 Å². The van der Waals surface area contributed by atoms with Crippen molar-refractivity contribution in [2.24, 2.45) is 0 Å². The first-order valence-electron chi connectivity index (χ1n) is 12.5. The molecule has 0 aliphatic rings. The number of aliphatic hydroxyl groups is 1. The molecular weight excluding hydrogens is 503 g/mol.